The fraction of sp³-hybridized carbons (Fsp3) is 0.708. The Morgan fingerprint density at radius 2 is 1.79 bits per heavy atom. The number of nitrogens with one attached hydrogen (secondary N) is 1. The number of carbonyl (C=O) groups excluding carboxylic acids is 3. The van der Waals surface area contributed by atoms with Gasteiger partial charge in [-0.25, -0.2) is 15.0 Å². The van der Waals surface area contributed by atoms with Crippen LogP contribution >= 0.6 is 0 Å². The zero-order valence-corrected chi connectivity index (χ0v) is 20.5. The van der Waals surface area contributed by atoms with Crippen molar-refractivity contribution in [3.05, 3.63) is 18.5 Å². The fourth-order valence-electron chi connectivity index (χ4n) is 4.85. The lowest BCUT2D eigenvalue weighted by molar-refractivity contribution is -0.156. The molecule has 1 aromatic rings. The van der Waals surface area contributed by atoms with Crippen molar-refractivity contribution in [2.24, 2.45) is 17.3 Å². The highest BCUT2D eigenvalue weighted by Crippen LogP contribution is 2.31. The molecule has 2 fully saturated rings. The van der Waals surface area contributed by atoms with Crippen LogP contribution in [0.2, 0.25) is 0 Å². The summed E-state index contributed by atoms with van der Waals surface area (Å²) >= 11 is 0. The van der Waals surface area contributed by atoms with Crippen LogP contribution in [0.25, 0.3) is 0 Å². The Kier molecular flexibility index (Phi) is 8.82. The van der Waals surface area contributed by atoms with Gasteiger partial charge in [-0.3, -0.25) is 19.6 Å². The molecule has 0 aromatic carbocycles. The lowest BCUT2D eigenvalue weighted by atomic mass is 9.84. The third-order valence-electron chi connectivity index (χ3n) is 6.82. The van der Waals surface area contributed by atoms with E-state index in [-0.39, 0.29) is 18.4 Å². The first-order chi connectivity index (χ1) is 16.2. The van der Waals surface area contributed by atoms with Crippen LogP contribution < -0.4 is 10.2 Å². The first kappa shape index (κ1) is 25.9. The van der Waals surface area contributed by atoms with Crippen LogP contribution in [-0.2, 0) is 14.4 Å². The lowest BCUT2D eigenvalue weighted by Crippen LogP contribution is -2.59. The average molecular weight is 475 g/mol. The van der Waals surface area contributed by atoms with E-state index in [4.69, 9.17) is 0 Å². The Labute approximate surface area is 201 Å². The summed E-state index contributed by atoms with van der Waals surface area (Å²) in [7, 11) is 0. The van der Waals surface area contributed by atoms with Gasteiger partial charge in [0.05, 0.1) is 12.5 Å². The number of carbonyl (C=O) groups is 3. The van der Waals surface area contributed by atoms with Crippen molar-refractivity contribution in [3.63, 3.8) is 0 Å². The number of rotatable bonds is 9. The van der Waals surface area contributed by atoms with Gasteiger partial charge < -0.3 is 15.1 Å². The van der Waals surface area contributed by atoms with Crippen LogP contribution in [0.4, 0.5) is 5.95 Å². The van der Waals surface area contributed by atoms with Gasteiger partial charge >= 0.3 is 0 Å². The lowest BCUT2D eigenvalue weighted by Gasteiger charge is -2.40. The predicted molar refractivity (Wildman–Crippen MR) is 127 cm³/mol. The Morgan fingerprint density at radius 3 is 2.35 bits per heavy atom. The van der Waals surface area contributed by atoms with Gasteiger partial charge in [-0.2, -0.15) is 0 Å². The number of hydrogen-bond donors (Lipinski definition) is 2. The maximum atomic E-state index is 13.5. The molecule has 1 aliphatic heterocycles. The second kappa shape index (κ2) is 11.6. The summed E-state index contributed by atoms with van der Waals surface area (Å²) in [5, 5.41) is 13.3. The number of anilines is 1. The molecular formula is C24H38N6O4. The van der Waals surface area contributed by atoms with Gasteiger partial charge in [0.15, 0.2) is 0 Å². The first-order valence-corrected chi connectivity index (χ1v) is 12.2. The topological polar surface area (TPSA) is 119 Å². The van der Waals surface area contributed by atoms with Gasteiger partial charge in [0.1, 0.15) is 6.04 Å². The van der Waals surface area contributed by atoms with Crippen molar-refractivity contribution in [3.8, 4) is 0 Å². The zero-order chi connectivity index (χ0) is 24.7. The molecule has 10 heteroatoms. The highest BCUT2D eigenvalue weighted by Gasteiger charge is 2.38. The van der Waals surface area contributed by atoms with E-state index in [1.807, 2.05) is 25.7 Å². The molecule has 0 spiro atoms. The second-order valence-electron chi connectivity index (χ2n) is 10.5. The minimum Gasteiger partial charge on any atom is -0.344 e. The number of hydrogen-bond acceptors (Lipinski definition) is 7. The van der Waals surface area contributed by atoms with Gasteiger partial charge in [0, 0.05) is 38.6 Å². The molecule has 3 rings (SSSR count). The largest absolute Gasteiger partial charge is 0.344 e. The van der Waals surface area contributed by atoms with E-state index < -0.39 is 17.4 Å². The van der Waals surface area contributed by atoms with Crippen LogP contribution in [0.1, 0.15) is 52.9 Å². The normalized spacial score (nSPS) is 18.9. The second-order valence-corrected chi connectivity index (χ2v) is 10.5. The van der Waals surface area contributed by atoms with E-state index >= 15 is 0 Å². The number of aromatic nitrogens is 2. The molecule has 188 valence electrons. The van der Waals surface area contributed by atoms with Crippen molar-refractivity contribution >= 4 is 24.2 Å². The Bertz CT molecular complexity index is 817. The monoisotopic (exact) mass is 474 g/mol. The maximum Gasteiger partial charge on any atom is 0.245 e. The van der Waals surface area contributed by atoms with Crippen molar-refractivity contribution in [2.75, 3.05) is 37.6 Å². The molecule has 0 bridgehead atoms. The molecule has 2 aliphatic rings. The Balaban J connectivity index is 1.66. The van der Waals surface area contributed by atoms with Gasteiger partial charge in [0.2, 0.25) is 24.2 Å². The van der Waals surface area contributed by atoms with E-state index in [0.717, 1.165) is 25.7 Å². The van der Waals surface area contributed by atoms with E-state index in [9.17, 15) is 19.6 Å². The third-order valence-corrected chi connectivity index (χ3v) is 6.82. The molecule has 34 heavy (non-hydrogen) atoms. The van der Waals surface area contributed by atoms with Crippen LogP contribution in [0, 0.1) is 17.3 Å². The molecular weight excluding hydrogens is 436 g/mol. The maximum absolute atomic E-state index is 13.5. The number of nitrogens with zero attached hydrogens (tertiary/aromatic N) is 5. The molecule has 1 saturated carbocycles. The molecule has 2 N–H and O–H groups in total. The number of hydroxylamine groups is 2. The quantitative estimate of drug-likeness (QED) is 0.318. The zero-order valence-electron chi connectivity index (χ0n) is 20.5. The third kappa shape index (κ3) is 6.88. The van der Waals surface area contributed by atoms with Crippen LogP contribution in [-0.4, -0.2) is 82.1 Å². The Morgan fingerprint density at radius 1 is 1.18 bits per heavy atom. The van der Waals surface area contributed by atoms with Crippen molar-refractivity contribution < 1.29 is 19.6 Å². The summed E-state index contributed by atoms with van der Waals surface area (Å²) in [6.45, 7) is 7.97. The summed E-state index contributed by atoms with van der Waals surface area (Å²) in [5.74, 6) is 0.0624. The fourth-order valence-corrected chi connectivity index (χ4v) is 4.85. The van der Waals surface area contributed by atoms with E-state index in [1.54, 1.807) is 23.4 Å². The van der Waals surface area contributed by atoms with Crippen LogP contribution in [0.3, 0.4) is 0 Å². The van der Waals surface area contributed by atoms with Gasteiger partial charge in [-0.15, -0.1) is 0 Å². The van der Waals surface area contributed by atoms with E-state index in [2.05, 4.69) is 15.3 Å². The predicted octanol–water partition coefficient (Wildman–Crippen LogP) is 1.70. The van der Waals surface area contributed by atoms with Crippen molar-refractivity contribution in [1.29, 1.82) is 0 Å². The molecule has 10 nitrogen and oxygen atoms in total. The number of amides is 3. The Hall–Kier alpha value is -2.75. The van der Waals surface area contributed by atoms with Gasteiger partial charge in [0.25, 0.3) is 0 Å². The minimum atomic E-state index is -0.714. The molecule has 1 aromatic heterocycles. The molecule has 3 amide bonds. The van der Waals surface area contributed by atoms with E-state index in [1.165, 1.54) is 0 Å². The first-order valence-electron chi connectivity index (χ1n) is 12.2. The van der Waals surface area contributed by atoms with E-state index in [0.29, 0.717) is 55.9 Å². The smallest absolute Gasteiger partial charge is 0.245 e. The van der Waals surface area contributed by atoms with Crippen LogP contribution in [0.15, 0.2) is 18.5 Å². The molecule has 1 saturated heterocycles. The summed E-state index contributed by atoms with van der Waals surface area (Å²) < 4.78 is 0. The highest BCUT2D eigenvalue weighted by atomic mass is 16.5. The average Bonchev–Trinajstić information content (AvgIpc) is 3.34. The summed E-state index contributed by atoms with van der Waals surface area (Å²) in [5.41, 5.74) is -0.506. The molecule has 0 radical (unpaired) electrons. The van der Waals surface area contributed by atoms with Crippen molar-refractivity contribution in [2.45, 2.75) is 58.9 Å². The van der Waals surface area contributed by atoms with Gasteiger partial charge in [-0.1, -0.05) is 46.5 Å². The highest BCUT2D eigenvalue weighted by molar-refractivity contribution is 5.89. The van der Waals surface area contributed by atoms with Crippen molar-refractivity contribution in [1.82, 2.24) is 25.2 Å². The SMILES string of the molecule is CC(C)(C)[C@H](NC(=O)[C@H](CC1CCCC1)CN(O)C=O)C(=O)N1CCN(c2ncccn2)CC1. The summed E-state index contributed by atoms with van der Waals surface area (Å²) in [6, 6.07) is 1.05. The van der Waals surface area contributed by atoms with Gasteiger partial charge in [-0.05, 0) is 23.8 Å². The number of piperazine rings is 1. The molecule has 2 atom stereocenters. The summed E-state index contributed by atoms with van der Waals surface area (Å²) in [4.78, 5) is 50.2. The summed E-state index contributed by atoms with van der Waals surface area (Å²) in [6.07, 6.45) is 8.68. The van der Waals surface area contributed by atoms with Crippen LogP contribution in [0.5, 0.6) is 0 Å². The standard InChI is InChI=1S/C24H38N6O4/c1-24(2,3)20(22(33)28-11-13-29(14-12-28)23-25-9-6-10-26-23)27-21(32)19(16-30(34)17-31)15-18-7-4-5-8-18/h6,9-10,17-20,34H,4-5,7-8,11-16H2,1-3H3,(H,27,32)/t19-,20-/m1/s1. The molecule has 0 unspecified atom stereocenters. The molecule has 2 heterocycles. The molecule has 1 aliphatic carbocycles. The minimum absolute atomic E-state index is 0.0767.